The van der Waals surface area contributed by atoms with Crippen LogP contribution in [0.2, 0.25) is 0 Å². The fraction of sp³-hybridized carbons (Fsp3) is 0.357. The third kappa shape index (κ3) is 2.63. The zero-order chi connectivity index (χ0) is 15.2. The van der Waals surface area contributed by atoms with Crippen molar-refractivity contribution < 1.29 is 12.8 Å². The smallest absolute Gasteiger partial charge is 0.247 e. The first-order chi connectivity index (χ1) is 9.86. The second kappa shape index (κ2) is 4.99. The van der Waals surface area contributed by atoms with E-state index in [2.05, 4.69) is 5.10 Å². The summed E-state index contributed by atoms with van der Waals surface area (Å²) in [5, 5.41) is 6.30. The Morgan fingerprint density at radius 3 is 2.71 bits per heavy atom. The van der Waals surface area contributed by atoms with Crippen LogP contribution in [0.1, 0.15) is 34.4 Å². The number of aryl methyl sites for hydroxylation is 2. The molecule has 0 aliphatic carbocycles. The molecule has 2 aromatic rings. The minimum absolute atomic E-state index is 0.260. The Kier molecular flexibility index (Phi) is 3.41. The van der Waals surface area contributed by atoms with Crippen LogP contribution in [0.4, 0.5) is 0 Å². The summed E-state index contributed by atoms with van der Waals surface area (Å²) in [6, 6.07) is 5.51. The summed E-state index contributed by atoms with van der Waals surface area (Å²) in [5.41, 5.74) is 1.65. The lowest BCUT2D eigenvalue weighted by molar-refractivity contribution is 0.379. The van der Waals surface area contributed by atoms with Gasteiger partial charge in [0.1, 0.15) is 17.6 Å². The van der Waals surface area contributed by atoms with E-state index >= 15 is 0 Å². The molecule has 1 aliphatic rings. The number of sulfonamides is 1. The Morgan fingerprint density at radius 1 is 1.43 bits per heavy atom. The number of thiophene rings is 1. The highest BCUT2D eigenvalue weighted by Crippen LogP contribution is 2.37. The maximum atomic E-state index is 12.0. The van der Waals surface area contributed by atoms with Gasteiger partial charge in [-0.2, -0.15) is 9.52 Å². The Balaban J connectivity index is 2.03. The van der Waals surface area contributed by atoms with Gasteiger partial charge in [-0.3, -0.25) is 0 Å². The van der Waals surface area contributed by atoms with Crippen molar-refractivity contribution in [2.75, 3.05) is 6.26 Å². The van der Waals surface area contributed by atoms with Crippen molar-refractivity contribution in [1.82, 2.24) is 4.41 Å². The lowest BCUT2D eigenvalue weighted by Gasteiger charge is -2.19. The second-order valence-electron chi connectivity index (χ2n) is 5.14. The molecular formula is C14H16N2O3S2. The molecule has 21 heavy (non-hydrogen) atoms. The van der Waals surface area contributed by atoms with E-state index < -0.39 is 10.0 Å². The topological polar surface area (TPSA) is 62.9 Å². The summed E-state index contributed by atoms with van der Waals surface area (Å²) in [7, 11) is -3.40. The molecule has 0 saturated carbocycles. The van der Waals surface area contributed by atoms with Crippen molar-refractivity contribution in [3.63, 3.8) is 0 Å². The number of hydrazone groups is 1. The normalized spacial score (nSPS) is 19.1. The first kappa shape index (κ1) is 14.3. The molecule has 3 rings (SSSR count). The zero-order valence-corrected chi connectivity index (χ0v) is 13.7. The zero-order valence-electron chi connectivity index (χ0n) is 12.0. The number of furan rings is 1. The van der Waals surface area contributed by atoms with Gasteiger partial charge in [0.15, 0.2) is 0 Å². The van der Waals surface area contributed by atoms with E-state index in [1.807, 2.05) is 37.4 Å². The quantitative estimate of drug-likeness (QED) is 0.871. The van der Waals surface area contributed by atoms with Crippen molar-refractivity contribution in [2.45, 2.75) is 26.3 Å². The molecule has 112 valence electrons. The van der Waals surface area contributed by atoms with E-state index in [0.29, 0.717) is 6.42 Å². The molecule has 0 amide bonds. The van der Waals surface area contributed by atoms with E-state index in [1.165, 1.54) is 10.7 Å². The minimum atomic E-state index is -3.40. The number of hydrogen-bond acceptors (Lipinski definition) is 5. The SMILES string of the molecule is Cc1cc(C2=NN(S(C)(=O)=O)C(c3cccs3)C2)c(C)o1. The lowest BCUT2D eigenvalue weighted by Crippen LogP contribution is -2.25. The highest BCUT2D eigenvalue weighted by atomic mass is 32.2. The summed E-state index contributed by atoms with van der Waals surface area (Å²) < 4.78 is 30.8. The second-order valence-corrected chi connectivity index (χ2v) is 7.96. The summed E-state index contributed by atoms with van der Waals surface area (Å²) >= 11 is 1.54. The number of hydrogen-bond donors (Lipinski definition) is 0. The van der Waals surface area contributed by atoms with Crippen molar-refractivity contribution in [1.29, 1.82) is 0 Å². The molecule has 0 N–H and O–H groups in total. The average molecular weight is 324 g/mol. The minimum Gasteiger partial charge on any atom is -0.466 e. The van der Waals surface area contributed by atoms with Crippen LogP contribution in [-0.4, -0.2) is 24.8 Å². The van der Waals surface area contributed by atoms with E-state index in [0.717, 1.165) is 27.7 Å². The Morgan fingerprint density at radius 2 is 2.19 bits per heavy atom. The van der Waals surface area contributed by atoms with Gasteiger partial charge >= 0.3 is 0 Å². The van der Waals surface area contributed by atoms with Gasteiger partial charge in [0.2, 0.25) is 10.0 Å². The summed E-state index contributed by atoms with van der Waals surface area (Å²) in [6.07, 6.45) is 1.75. The highest BCUT2D eigenvalue weighted by molar-refractivity contribution is 7.88. The van der Waals surface area contributed by atoms with Gasteiger partial charge in [-0.15, -0.1) is 11.3 Å². The van der Waals surface area contributed by atoms with Crippen LogP contribution in [0.25, 0.3) is 0 Å². The molecule has 3 heterocycles. The van der Waals surface area contributed by atoms with Crippen LogP contribution in [0, 0.1) is 13.8 Å². The molecule has 0 bridgehead atoms. The van der Waals surface area contributed by atoms with Crippen LogP contribution in [0.3, 0.4) is 0 Å². The predicted molar refractivity (Wildman–Crippen MR) is 83.1 cm³/mol. The van der Waals surface area contributed by atoms with Gasteiger partial charge < -0.3 is 4.42 Å². The maximum Gasteiger partial charge on any atom is 0.247 e. The average Bonchev–Trinajstić information content (AvgIpc) is 3.06. The fourth-order valence-corrected chi connectivity index (χ4v) is 4.34. The van der Waals surface area contributed by atoms with Crippen molar-refractivity contribution in [2.24, 2.45) is 5.10 Å². The molecule has 1 unspecified atom stereocenters. The first-order valence-corrected chi connectivity index (χ1v) is 9.27. The molecule has 0 fully saturated rings. The third-order valence-corrected chi connectivity index (χ3v) is 5.43. The largest absolute Gasteiger partial charge is 0.466 e. The van der Waals surface area contributed by atoms with E-state index in [1.54, 1.807) is 11.3 Å². The van der Waals surface area contributed by atoms with Crippen molar-refractivity contribution in [3.8, 4) is 0 Å². The number of rotatable bonds is 3. The molecule has 1 atom stereocenters. The van der Waals surface area contributed by atoms with Gasteiger partial charge in [0.05, 0.1) is 12.0 Å². The molecule has 0 radical (unpaired) electrons. The first-order valence-electron chi connectivity index (χ1n) is 6.54. The van der Waals surface area contributed by atoms with E-state index in [9.17, 15) is 8.42 Å². The molecular weight excluding hydrogens is 308 g/mol. The van der Waals surface area contributed by atoms with E-state index in [-0.39, 0.29) is 6.04 Å². The lowest BCUT2D eigenvalue weighted by atomic mass is 10.0. The molecule has 1 aliphatic heterocycles. The molecule has 2 aromatic heterocycles. The molecule has 0 saturated heterocycles. The molecule has 0 aromatic carbocycles. The Bertz CT molecular complexity index is 788. The predicted octanol–water partition coefficient (Wildman–Crippen LogP) is 3.07. The Labute approximate surface area is 127 Å². The van der Waals surface area contributed by atoms with Crippen LogP contribution < -0.4 is 0 Å². The summed E-state index contributed by atoms with van der Waals surface area (Å²) in [4.78, 5) is 0.997. The van der Waals surface area contributed by atoms with Crippen molar-refractivity contribution in [3.05, 3.63) is 45.5 Å². The van der Waals surface area contributed by atoms with Crippen LogP contribution in [0.5, 0.6) is 0 Å². The van der Waals surface area contributed by atoms with E-state index in [4.69, 9.17) is 4.42 Å². The third-order valence-electron chi connectivity index (χ3n) is 3.44. The van der Waals surface area contributed by atoms with Gasteiger partial charge in [-0.25, -0.2) is 8.42 Å². The summed E-state index contributed by atoms with van der Waals surface area (Å²) in [6.45, 7) is 3.74. The Hall–Kier alpha value is -1.60. The maximum absolute atomic E-state index is 12.0. The highest BCUT2D eigenvalue weighted by Gasteiger charge is 2.35. The van der Waals surface area contributed by atoms with Crippen LogP contribution >= 0.6 is 11.3 Å². The van der Waals surface area contributed by atoms with Gasteiger partial charge in [-0.05, 0) is 31.4 Å². The molecule has 5 nitrogen and oxygen atoms in total. The van der Waals surface area contributed by atoms with Gasteiger partial charge in [-0.1, -0.05) is 6.07 Å². The fourth-order valence-electron chi connectivity index (χ4n) is 2.57. The molecule has 7 heteroatoms. The monoisotopic (exact) mass is 324 g/mol. The standard InChI is InChI=1S/C14H16N2O3S2/c1-9-7-11(10(2)19-9)12-8-13(14-5-4-6-20-14)16(15-12)21(3,17)18/h4-7,13H,8H2,1-3H3. The summed E-state index contributed by atoms with van der Waals surface area (Å²) in [5.74, 6) is 1.57. The van der Waals surface area contributed by atoms with Crippen LogP contribution in [-0.2, 0) is 10.0 Å². The molecule has 0 spiro atoms. The van der Waals surface area contributed by atoms with Crippen molar-refractivity contribution >= 4 is 27.1 Å². The van der Waals surface area contributed by atoms with Gasteiger partial charge in [0, 0.05) is 16.9 Å². The number of nitrogens with zero attached hydrogens (tertiary/aromatic N) is 2. The van der Waals surface area contributed by atoms with Crippen LogP contribution in [0.15, 0.2) is 33.1 Å². The van der Waals surface area contributed by atoms with Gasteiger partial charge in [0.25, 0.3) is 0 Å².